The van der Waals surface area contributed by atoms with E-state index < -0.39 is 23.4 Å². The summed E-state index contributed by atoms with van der Waals surface area (Å²) in [5.41, 5.74) is 1.00. The Hall–Kier alpha value is -3.74. The first kappa shape index (κ1) is 29.3. The van der Waals surface area contributed by atoms with Crippen LogP contribution in [-0.2, 0) is 29.0 Å². The summed E-state index contributed by atoms with van der Waals surface area (Å²) in [5.74, 6) is -1.82. The van der Waals surface area contributed by atoms with Gasteiger partial charge in [-0.2, -0.15) is 0 Å². The van der Waals surface area contributed by atoms with Crippen molar-refractivity contribution in [3.63, 3.8) is 0 Å². The SMILES string of the molecule is CCOC(=O)c1cc(F)c2nc(Cc3cc(F)c(-c4cccc(OCc5ncc(Br)s5)c4)cc3F)n(C[C@@H]3CCO3)c2c1. The molecule has 1 aliphatic heterocycles. The minimum Gasteiger partial charge on any atom is -0.486 e. The molecule has 12 heteroatoms. The highest BCUT2D eigenvalue weighted by atomic mass is 79.9. The minimum absolute atomic E-state index is 0.0294. The van der Waals surface area contributed by atoms with Crippen molar-refractivity contribution in [3.05, 3.63) is 97.9 Å². The second kappa shape index (κ2) is 12.5. The number of nitrogens with zero attached hydrogens (tertiary/aromatic N) is 3. The number of hydrogen-bond acceptors (Lipinski definition) is 7. The highest BCUT2D eigenvalue weighted by Gasteiger charge is 2.25. The molecule has 7 nitrogen and oxygen atoms in total. The van der Waals surface area contributed by atoms with Gasteiger partial charge in [0.25, 0.3) is 0 Å². The summed E-state index contributed by atoms with van der Waals surface area (Å²) >= 11 is 4.81. The molecule has 0 unspecified atom stereocenters. The van der Waals surface area contributed by atoms with Crippen LogP contribution in [0.3, 0.4) is 0 Å². The zero-order chi connectivity index (χ0) is 30.1. The van der Waals surface area contributed by atoms with E-state index in [0.29, 0.717) is 35.8 Å². The van der Waals surface area contributed by atoms with Crippen molar-refractivity contribution in [2.75, 3.05) is 13.2 Å². The predicted molar refractivity (Wildman–Crippen MR) is 159 cm³/mol. The van der Waals surface area contributed by atoms with E-state index in [-0.39, 0.29) is 47.9 Å². The van der Waals surface area contributed by atoms with Crippen molar-refractivity contribution in [2.24, 2.45) is 0 Å². The average Bonchev–Trinajstić information content (AvgIpc) is 3.54. The summed E-state index contributed by atoms with van der Waals surface area (Å²) in [6.45, 7) is 2.97. The highest BCUT2D eigenvalue weighted by molar-refractivity contribution is 9.11. The molecule has 1 aliphatic rings. The summed E-state index contributed by atoms with van der Waals surface area (Å²) in [6, 6.07) is 11.6. The molecule has 6 rings (SSSR count). The Labute approximate surface area is 257 Å². The maximum Gasteiger partial charge on any atom is 0.338 e. The molecule has 3 aromatic carbocycles. The normalized spacial score (nSPS) is 14.6. The van der Waals surface area contributed by atoms with Crippen molar-refractivity contribution in [1.29, 1.82) is 0 Å². The number of halogens is 4. The molecule has 0 radical (unpaired) electrons. The van der Waals surface area contributed by atoms with E-state index in [1.54, 1.807) is 42.0 Å². The van der Waals surface area contributed by atoms with Gasteiger partial charge in [-0.15, -0.1) is 11.3 Å². The number of rotatable bonds is 10. The number of hydrogen-bond donors (Lipinski definition) is 0. The van der Waals surface area contributed by atoms with Gasteiger partial charge in [0.2, 0.25) is 0 Å². The molecule has 5 aromatic rings. The molecule has 1 saturated heterocycles. The van der Waals surface area contributed by atoms with Gasteiger partial charge in [-0.1, -0.05) is 12.1 Å². The van der Waals surface area contributed by atoms with Crippen molar-refractivity contribution in [1.82, 2.24) is 14.5 Å². The topological polar surface area (TPSA) is 75.5 Å². The van der Waals surface area contributed by atoms with E-state index in [2.05, 4.69) is 25.9 Å². The van der Waals surface area contributed by atoms with Gasteiger partial charge < -0.3 is 18.8 Å². The zero-order valence-corrected chi connectivity index (χ0v) is 25.3. The number of esters is 1. The predicted octanol–water partition coefficient (Wildman–Crippen LogP) is 7.48. The lowest BCUT2D eigenvalue weighted by Crippen LogP contribution is -2.31. The fraction of sp³-hybridized carbons (Fsp3) is 0.258. The molecule has 0 spiro atoms. The van der Waals surface area contributed by atoms with Gasteiger partial charge in [0.1, 0.15) is 40.3 Å². The molecule has 1 fully saturated rings. The van der Waals surface area contributed by atoms with Crippen LogP contribution >= 0.6 is 27.3 Å². The quantitative estimate of drug-likeness (QED) is 0.143. The van der Waals surface area contributed by atoms with Crippen LogP contribution in [0.25, 0.3) is 22.2 Å². The summed E-state index contributed by atoms with van der Waals surface area (Å²) in [5, 5.41) is 0.769. The Morgan fingerprint density at radius 2 is 1.98 bits per heavy atom. The molecule has 0 bridgehead atoms. The van der Waals surface area contributed by atoms with E-state index >= 15 is 13.2 Å². The third kappa shape index (κ3) is 6.31. The smallest absolute Gasteiger partial charge is 0.338 e. The zero-order valence-electron chi connectivity index (χ0n) is 22.9. The maximum absolute atomic E-state index is 15.5. The van der Waals surface area contributed by atoms with Crippen LogP contribution in [-0.4, -0.2) is 39.8 Å². The lowest BCUT2D eigenvalue weighted by atomic mass is 10.0. The molecule has 3 heterocycles. The van der Waals surface area contributed by atoms with E-state index in [9.17, 15) is 4.79 Å². The van der Waals surface area contributed by atoms with Crippen LogP contribution < -0.4 is 4.74 Å². The summed E-state index contributed by atoms with van der Waals surface area (Å²) in [6.07, 6.45) is 2.24. The van der Waals surface area contributed by atoms with Gasteiger partial charge in [-0.25, -0.2) is 27.9 Å². The Morgan fingerprint density at radius 3 is 2.70 bits per heavy atom. The first-order valence-electron chi connectivity index (χ1n) is 13.6. The lowest BCUT2D eigenvalue weighted by molar-refractivity contribution is -0.0589. The Morgan fingerprint density at radius 1 is 1.14 bits per heavy atom. The minimum atomic E-state index is -0.707. The lowest BCUT2D eigenvalue weighted by Gasteiger charge is -2.27. The van der Waals surface area contributed by atoms with Crippen LogP contribution in [0, 0.1) is 17.5 Å². The molecule has 0 saturated carbocycles. The first-order valence-corrected chi connectivity index (χ1v) is 15.2. The van der Waals surface area contributed by atoms with Gasteiger partial charge >= 0.3 is 5.97 Å². The number of ether oxygens (including phenoxy) is 3. The van der Waals surface area contributed by atoms with Crippen molar-refractivity contribution >= 4 is 44.3 Å². The van der Waals surface area contributed by atoms with E-state index in [4.69, 9.17) is 14.2 Å². The average molecular weight is 673 g/mol. The molecule has 222 valence electrons. The largest absolute Gasteiger partial charge is 0.486 e. The van der Waals surface area contributed by atoms with Crippen molar-refractivity contribution in [2.45, 2.75) is 39.0 Å². The first-order chi connectivity index (χ1) is 20.8. The number of carbonyl (C=O) groups excluding carboxylic acids is 1. The van der Waals surface area contributed by atoms with Crippen LogP contribution in [0.2, 0.25) is 0 Å². The Balaban J connectivity index is 1.30. The van der Waals surface area contributed by atoms with Crippen LogP contribution in [0.4, 0.5) is 13.2 Å². The summed E-state index contributed by atoms with van der Waals surface area (Å²) < 4.78 is 65.1. The summed E-state index contributed by atoms with van der Waals surface area (Å²) in [4.78, 5) is 21.0. The number of fused-ring (bicyclic) bond motifs is 1. The maximum atomic E-state index is 15.5. The van der Waals surface area contributed by atoms with Crippen molar-refractivity contribution in [3.8, 4) is 16.9 Å². The van der Waals surface area contributed by atoms with Gasteiger partial charge in [0, 0.05) is 18.6 Å². The molecule has 0 amide bonds. The fourth-order valence-electron chi connectivity index (χ4n) is 4.90. The van der Waals surface area contributed by atoms with Gasteiger partial charge in [0.15, 0.2) is 5.82 Å². The van der Waals surface area contributed by atoms with Crippen LogP contribution in [0.15, 0.2) is 58.5 Å². The monoisotopic (exact) mass is 671 g/mol. The number of thiazole rings is 1. The van der Waals surface area contributed by atoms with Crippen LogP contribution in [0.5, 0.6) is 5.75 Å². The molecule has 2 aromatic heterocycles. The van der Waals surface area contributed by atoms with E-state index in [1.165, 1.54) is 17.4 Å². The molecular weight excluding hydrogens is 647 g/mol. The number of imidazole rings is 1. The number of benzene rings is 3. The second-order valence-corrected chi connectivity index (χ2v) is 12.4. The third-order valence-electron chi connectivity index (χ3n) is 7.09. The molecule has 43 heavy (non-hydrogen) atoms. The van der Waals surface area contributed by atoms with Gasteiger partial charge in [-0.3, -0.25) is 0 Å². The molecular formula is C31H25BrF3N3O4S. The number of carbonyl (C=O) groups is 1. The van der Waals surface area contributed by atoms with Gasteiger partial charge in [-0.05, 0) is 76.8 Å². The Bertz CT molecular complexity index is 1820. The highest BCUT2D eigenvalue weighted by Crippen LogP contribution is 2.31. The fourth-order valence-corrected chi connectivity index (χ4v) is 6.12. The Kier molecular flexibility index (Phi) is 8.51. The molecule has 0 aliphatic carbocycles. The second-order valence-electron chi connectivity index (χ2n) is 9.94. The van der Waals surface area contributed by atoms with E-state index in [0.717, 1.165) is 33.4 Å². The van der Waals surface area contributed by atoms with Crippen LogP contribution in [0.1, 0.15) is 40.1 Å². The number of aromatic nitrogens is 3. The van der Waals surface area contributed by atoms with E-state index in [1.807, 2.05) is 0 Å². The van der Waals surface area contributed by atoms with Gasteiger partial charge in [0.05, 0.1) is 40.3 Å². The summed E-state index contributed by atoms with van der Waals surface area (Å²) in [7, 11) is 0. The molecule has 0 N–H and O–H groups in total. The molecule has 1 atom stereocenters. The standard InChI is InChI=1S/C31H25BrF3N3O4S/c1-2-40-31(39)19-10-25(35)30-26(11-19)38(15-21-6-7-41-21)28(37-30)12-18-9-24(34)22(13-23(18)33)17-4-3-5-20(8-17)42-16-29-36-14-27(32)43-29/h3-5,8-11,13-14,21H,2,6-7,12,15-16H2,1H3/t21-/m0/s1. The van der Waals surface area contributed by atoms with Crippen molar-refractivity contribution < 1.29 is 32.2 Å². The third-order valence-corrected chi connectivity index (χ3v) is 8.54.